The largest absolute Gasteiger partial charge is 0.469 e. The zero-order valence-corrected chi connectivity index (χ0v) is 12.7. The van der Waals surface area contributed by atoms with Crippen LogP contribution in [0, 0.1) is 5.92 Å². The number of hydrogen-bond acceptors (Lipinski definition) is 3. The highest BCUT2D eigenvalue weighted by Gasteiger charge is 2.38. The van der Waals surface area contributed by atoms with E-state index in [-0.39, 0.29) is 24.3 Å². The first kappa shape index (κ1) is 14.4. The van der Waals surface area contributed by atoms with E-state index in [9.17, 15) is 4.79 Å². The molecule has 2 aliphatic rings. The Labute approximate surface area is 129 Å². The summed E-state index contributed by atoms with van der Waals surface area (Å²) < 4.78 is 4.91. The average molecular weight is 307 g/mol. The minimum absolute atomic E-state index is 0. The SMILES string of the molecule is COC(=O)[C@H]1CN[C@@H]2Cc3c[nH]c4cccc(c34)[C@H]2C1.Cl. The van der Waals surface area contributed by atoms with Gasteiger partial charge in [-0.05, 0) is 30.0 Å². The monoisotopic (exact) mass is 306 g/mol. The number of esters is 1. The molecule has 1 aromatic carbocycles. The van der Waals surface area contributed by atoms with Gasteiger partial charge >= 0.3 is 5.97 Å². The summed E-state index contributed by atoms with van der Waals surface area (Å²) in [6.07, 6.45) is 4.04. The summed E-state index contributed by atoms with van der Waals surface area (Å²) in [5.74, 6) is 0.278. The number of nitrogens with one attached hydrogen (secondary N) is 2. The Kier molecular flexibility index (Phi) is 3.68. The molecule has 2 heterocycles. The number of fused-ring (bicyclic) bond motifs is 2. The van der Waals surface area contributed by atoms with Gasteiger partial charge in [0, 0.05) is 35.6 Å². The van der Waals surface area contributed by atoms with Crippen LogP contribution in [0.2, 0.25) is 0 Å². The van der Waals surface area contributed by atoms with Crippen LogP contribution in [0.1, 0.15) is 23.5 Å². The lowest BCUT2D eigenvalue weighted by Crippen LogP contribution is -2.48. The van der Waals surface area contributed by atoms with Gasteiger partial charge in [-0.2, -0.15) is 0 Å². The molecule has 0 unspecified atom stereocenters. The first-order valence-electron chi connectivity index (χ1n) is 7.18. The molecule has 1 saturated heterocycles. The number of carbonyl (C=O) groups is 1. The summed E-state index contributed by atoms with van der Waals surface area (Å²) in [4.78, 5) is 15.2. The van der Waals surface area contributed by atoms with Crippen LogP contribution in [0.25, 0.3) is 10.9 Å². The molecule has 5 heteroatoms. The molecule has 0 saturated carbocycles. The topological polar surface area (TPSA) is 54.1 Å². The highest BCUT2D eigenvalue weighted by Crippen LogP contribution is 2.41. The number of H-pyrrole nitrogens is 1. The van der Waals surface area contributed by atoms with Crippen molar-refractivity contribution in [2.75, 3.05) is 13.7 Å². The van der Waals surface area contributed by atoms with Crippen molar-refractivity contribution >= 4 is 29.3 Å². The number of ether oxygens (including phenoxy) is 1. The van der Waals surface area contributed by atoms with Crippen LogP contribution in [-0.2, 0) is 16.0 Å². The second kappa shape index (κ2) is 5.35. The number of piperidine rings is 1. The maximum atomic E-state index is 11.8. The van der Waals surface area contributed by atoms with Crippen molar-refractivity contribution < 1.29 is 9.53 Å². The molecule has 1 aliphatic heterocycles. The lowest BCUT2D eigenvalue weighted by molar-refractivity contribution is -0.146. The van der Waals surface area contributed by atoms with Crippen molar-refractivity contribution in [3.05, 3.63) is 35.5 Å². The van der Waals surface area contributed by atoms with Gasteiger partial charge in [-0.1, -0.05) is 12.1 Å². The normalized spacial score (nSPS) is 26.8. The number of methoxy groups -OCH3 is 1. The van der Waals surface area contributed by atoms with Crippen LogP contribution < -0.4 is 5.32 Å². The molecule has 0 bridgehead atoms. The van der Waals surface area contributed by atoms with Crippen molar-refractivity contribution in [3.8, 4) is 0 Å². The number of aromatic amines is 1. The molecule has 2 N–H and O–H groups in total. The summed E-state index contributed by atoms with van der Waals surface area (Å²) >= 11 is 0. The fourth-order valence-electron chi connectivity index (χ4n) is 3.89. The molecule has 4 rings (SSSR count). The highest BCUT2D eigenvalue weighted by molar-refractivity contribution is 5.88. The maximum Gasteiger partial charge on any atom is 0.309 e. The fourth-order valence-corrected chi connectivity index (χ4v) is 3.89. The molecule has 4 nitrogen and oxygen atoms in total. The molecule has 1 aliphatic carbocycles. The van der Waals surface area contributed by atoms with E-state index >= 15 is 0 Å². The third-order valence-electron chi connectivity index (χ3n) is 4.84. The number of hydrogen-bond donors (Lipinski definition) is 2. The second-order valence-electron chi connectivity index (χ2n) is 5.86. The van der Waals surface area contributed by atoms with Crippen molar-refractivity contribution in [3.63, 3.8) is 0 Å². The maximum absolute atomic E-state index is 11.8. The quantitative estimate of drug-likeness (QED) is 0.795. The van der Waals surface area contributed by atoms with E-state index in [4.69, 9.17) is 4.74 Å². The van der Waals surface area contributed by atoms with E-state index in [0.717, 1.165) is 19.4 Å². The predicted molar refractivity (Wildman–Crippen MR) is 83.9 cm³/mol. The number of rotatable bonds is 1. The van der Waals surface area contributed by atoms with Crippen LogP contribution >= 0.6 is 12.4 Å². The smallest absolute Gasteiger partial charge is 0.309 e. The van der Waals surface area contributed by atoms with Gasteiger partial charge < -0.3 is 15.0 Å². The summed E-state index contributed by atoms with van der Waals surface area (Å²) in [5, 5.41) is 4.91. The zero-order valence-electron chi connectivity index (χ0n) is 11.9. The van der Waals surface area contributed by atoms with E-state index in [1.54, 1.807) is 0 Å². The van der Waals surface area contributed by atoms with E-state index in [0.29, 0.717) is 12.0 Å². The predicted octanol–water partition coefficient (Wildman–Crippen LogP) is 2.38. The van der Waals surface area contributed by atoms with E-state index in [1.807, 2.05) is 0 Å². The average Bonchev–Trinajstić information content (AvgIpc) is 2.91. The number of halogens is 1. The molecule has 112 valence electrons. The molecule has 21 heavy (non-hydrogen) atoms. The Morgan fingerprint density at radius 3 is 3.05 bits per heavy atom. The third-order valence-corrected chi connectivity index (χ3v) is 4.84. The lowest BCUT2D eigenvalue weighted by atomic mass is 9.73. The Bertz CT molecular complexity index is 682. The standard InChI is InChI=1S/C16H18N2O2.ClH/c1-20-16(19)10-5-12-11-3-2-4-13-15(11)9(7-17-13)6-14(12)18-8-10;/h2-4,7,10,12,14,17-18H,5-6,8H2,1H3;1H/t10-,12-,14-;/m1./s1. The molecule has 0 spiro atoms. The van der Waals surface area contributed by atoms with Gasteiger partial charge in [0.2, 0.25) is 0 Å². The van der Waals surface area contributed by atoms with Crippen LogP contribution in [0.5, 0.6) is 0 Å². The number of carbonyl (C=O) groups excluding carboxylic acids is 1. The number of benzene rings is 1. The van der Waals surface area contributed by atoms with Gasteiger partial charge in [-0.25, -0.2) is 0 Å². The minimum atomic E-state index is -0.0945. The zero-order chi connectivity index (χ0) is 13.7. The van der Waals surface area contributed by atoms with Crippen LogP contribution in [0.15, 0.2) is 24.4 Å². The molecule has 2 aromatic rings. The summed E-state index contributed by atoms with van der Waals surface area (Å²) in [6, 6.07) is 6.86. The third kappa shape index (κ3) is 2.14. The first-order valence-corrected chi connectivity index (χ1v) is 7.18. The van der Waals surface area contributed by atoms with Crippen molar-refractivity contribution in [2.24, 2.45) is 5.92 Å². The summed E-state index contributed by atoms with van der Waals surface area (Å²) in [5.41, 5.74) is 3.97. The highest BCUT2D eigenvalue weighted by atomic mass is 35.5. The van der Waals surface area contributed by atoms with Gasteiger partial charge in [0.25, 0.3) is 0 Å². The van der Waals surface area contributed by atoms with Gasteiger partial charge in [0.15, 0.2) is 0 Å². The van der Waals surface area contributed by atoms with Gasteiger partial charge in [-0.3, -0.25) is 4.79 Å². The number of aromatic nitrogens is 1. The van der Waals surface area contributed by atoms with Crippen LogP contribution in [0.3, 0.4) is 0 Å². The van der Waals surface area contributed by atoms with Gasteiger partial charge in [-0.15, -0.1) is 12.4 Å². The first-order chi connectivity index (χ1) is 9.78. The minimum Gasteiger partial charge on any atom is -0.469 e. The van der Waals surface area contributed by atoms with Crippen molar-refractivity contribution in [1.29, 1.82) is 0 Å². The lowest BCUT2D eigenvalue weighted by Gasteiger charge is -2.39. The second-order valence-corrected chi connectivity index (χ2v) is 5.86. The molecular formula is C16H19ClN2O2. The summed E-state index contributed by atoms with van der Waals surface area (Å²) in [7, 11) is 1.47. The van der Waals surface area contributed by atoms with Crippen molar-refractivity contribution in [1.82, 2.24) is 10.3 Å². The molecule has 1 aromatic heterocycles. The molecule has 0 amide bonds. The van der Waals surface area contributed by atoms with Crippen LogP contribution in [-0.4, -0.2) is 30.6 Å². The van der Waals surface area contributed by atoms with E-state index in [2.05, 4.69) is 34.7 Å². The van der Waals surface area contributed by atoms with E-state index < -0.39 is 0 Å². The van der Waals surface area contributed by atoms with Gasteiger partial charge in [0.05, 0.1) is 13.0 Å². The Balaban J connectivity index is 0.00000132. The molecule has 1 fully saturated rings. The Hall–Kier alpha value is -1.52. The summed E-state index contributed by atoms with van der Waals surface area (Å²) in [6.45, 7) is 0.726. The fraction of sp³-hybridized carbons (Fsp3) is 0.438. The van der Waals surface area contributed by atoms with Crippen LogP contribution in [0.4, 0.5) is 0 Å². The van der Waals surface area contributed by atoms with E-state index in [1.165, 1.54) is 29.1 Å². The Morgan fingerprint density at radius 2 is 2.24 bits per heavy atom. The molecule has 0 radical (unpaired) electrons. The Morgan fingerprint density at radius 1 is 1.38 bits per heavy atom. The molecule has 3 atom stereocenters. The molecular weight excluding hydrogens is 288 g/mol. The van der Waals surface area contributed by atoms with Gasteiger partial charge in [0.1, 0.15) is 0 Å². The van der Waals surface area contributed by atoms with Crippen molar-refractivity contribution in [2.45, 2.75) is 24.8 Å².